The van der Waals surface area contributed by atoms with Gasteiger partial charge < -0.3 is 9.80 Å². The number of benzene rings is 1. The molecule has 0 aromatic heterocycles. The van der Waals surface area contributed by atoms with E-state index in [9.17, 15) is 18.0 Å². The number of hydrogen-bond acceptors (Lipinski definition) is 4. The minimum atomic E-state index is -3.60. The first kappa shape index (κ1) is 25.2. The van der Waals surface area contributed by atoms with Crippen LogP contribution in [0.4, 0.5) is 0 Å². The lowest BCUT2D eigenvalue weighted by Gasteiger charge is -2.41. The summed E-state index contributed by atoms with van der Waals surface area (Å²) in [6, 6.07) is 3.79. The molecule has 0 bridgehead atoms. The predicted molar refractivity (Wildman–Crippen MR) is 132 cm³/mol. The molecule has 3 aliphatic rings. The minimum Gasteiger partial charge on any atom is -0.342 e. The van der Waals surface area contributed by atoms with E-state index in [1.54, 1.807) is 4.90 Å². The van der Waals surface area contributed by atoms with E-state index < -0.39 is 10.0 Å². The van der Waals surface area contributed by atoms with Crippen molar-refractivity contribution in [2.45, 2.75) is 70.6 Å². The largest absolute Gasteiger partial charge is 0.342 e. The van der Waals surface area contributed by atoms with Crippen molar-refractivity contribution < 1.29 is 18.0 Å². The van der Waals surface area contributed by atoms with Gasteiger partial charge in [0.1, 0.15) is 0 Å². The maximum atomic E-state index is 13.3. The molecule has 8 heteroatoms. The topological polar surface area (TPSA) is 78.0 Å². The van der Waals surface area contributed by atoms with Crippen molar-refractivity contribution in [1.29, 1.82) is 0 Å². The first-order valence-electron chi connectivity index (χ1n) is 12.8. The molecular weight excluding hydrogens is 450 g/mol. The van der Waals surface area contributed by atoms with E-state index in [4.69, 9.17) is 0 Å². The van der Waals surface area contributed by atoms with Crippen LogP contribution in [0.25, 0.3) is 0 Å². The molecule has 2 heterocycles. The summed E-state index contributed by atoms with van der Waals surface area (Å²) in [7, 11) is -3.60. The summed E-state index contributed by atoms with van der Waals surface area (Å²) in [5.74, 6) is 1.45. The quantitative estimate of drug-likeness (QED) is 0.636. The third kappa shape index (κ3) is 5.33. The number of sulfonamides is 1. The molecule has 2 saturated heterocycles. The zero-order valence-corrected chi connectivity index (χ0v) is 21.7. The molecule has 1 aromatic carbocycles. The summed E-state index contributed by atoms with van der Waals surface area (Å²) >= 11 is 0. The van der Waals surface area contributed by atoms with Crippen molar-refractivity contribution in [2.24, 2.45) is 11.8 Å². The minimum absolute atomic E-state index is 0.0550. The number of aryl methyl sites for hydroxylation is 3. The second kappa shape index (κ2) is 10.4. The van der Waals surface area contributed by atoms with Gasteiger partial charge in [0.2, 0.25) is 21.8 Å². The third-order valence-corrected chi connectivity index (χ3v) is 10.2. The lowest BCUT2D eigenvalue weighted by molar-refractivity contribution is -0.139. The first-order chi connectivity index (χ1) is 16.2. The maximum Gasteiger partial charge on any atom is 0.243 e. The Balaban J connectivity index is 1.27. The lowest BCUT2D eigenvalue weighted by Crippen LogP contribution is -2.51. The van der Waals surface area contributed by atoms with Crippen LogP contribution < -0.4 is 0 Å². The Morgan fingerprint density at radius 2 is 1.35 bits per heavy atom. The number of piperidine rings is 1. The van der Waals surface area contributed by atoms with Gasteiger partial charge in [-0.1, -0.05) is 37.0 Å². The maximum absolute atomic E-state index is 13.3. The van der Waals surface area contributed by atoms with E-state index in [1.165, 1.54) is 30.0 Å². The van der Waals surface area contributed by atoms with E-state index in [0.717, 1.165) is 42.1 Å². The van der Waals surface area contributed by atoms with E-state index in [0.29, 0.717) is 23.9 Å². The molecule has 0 spiro atoms. The Hall–Kier alpha value is -1.93. The van der Waals surface area contributed by atoms with Gasteiger partial charge >= 0.3 is 0 Å². The standard InChI is InChI=1S/C26H39N3O4S/c1-19-16-20(2)26(21(3)17-19)34(32,33)29-14-12-27(13-15-29)24(30)8-9-25(31)28-11-10-22-6-4-5-7-23(22)18-28/h16-17,22-23H,4-15,18H2,1-3H3/t22-,23+/m1/s1. The molecule has 0 radical (unpaired) electrons. The molecular formula is C26H39N3O4S. The SMILES string of the molecule is Cc1cc(C)c(S(=O)(=O)N2CCN(C(=O)CCC(=O)N3CC[C@H]4CCCC[C@H]4C3)CC2)c(C)c1. The Kier molecular flexibility index (Phi) is 7.67. The van der Waals surface area contributed by atoms with Gasteiger partial charge in [-0.15, -0.1) is 0 Å². The predicted octanol–water partition coefficient (Wildman–Crippen LogP) is 3.26. The molecule has 2 aliphatic heterocycles. The summed E-state index contributed by atoms with van der Waals surface area (Å²) in [6.07, 6.45) is 6.66. The smallest absolute Gasteiger partial charge is 0.243 e. The zero-order valence-electron chi connectivity index (χ0n) is 20.9. The summed E-state index contributed by atoms with van der Waals surface area (Å²) in [5.41, 5.74) is 2.56. The number of fused-ring (bicyclic) bond motifs is 1. The fourth-order valence-corrected chi connectivity index (χ4v) is 8.07. The number of rotatable bonds is 5. The van der Waals surface area contributed by atoms with Gasteiger partial charge in [-0.3, -0.25) is 9.59 Å². The van der Waals surface area contributed by atoms with Gasteiger partial charge in [0, 0.05) is 52.1 Å². The number of hydrogen-bond donors (Lipinski definition) is 0. The lowest BCUT2D eigenvalue weighted by atomic mass is 9.75. The highest BCUT2D eigenvalue weighted by molar-refractivity contribution is 7.89. The monoisotopic (exact) mass is 489 g/mol. The Morgan fingerprint density at radius 3 is 1.97 bits per heavy atom. The average molecular weight is 490 g/mol. The summed E-state index contributed by atoms with van der Waals surface area (Å²) in [5, 5.41) is 0. The fourth-order valence-electron chi connectivity index (χ4n) is 6.24. The van der Waals surface area contributed by atoms with Crippen molar-refractivity contribution in [3.8, 4) is 0 Å². The number of likely N-dealkylation sites (tertiary alicyclic amines) is 1. The number of carbonyl (C=O) groups excluding carboxylic acids is 2. The molecule has 0 N–H and O–H groups in total. The Morgan fingerprint density at radius 1 is 0.794 bits per heavy atom. The van der Waals surface area contributed by atoms with Gasteiger partial charge in [-0.2, -0.15) is 4.31 Å². The van der Waals surface area contributed by atoms with Crippen LogP contribution in [0, 0.1) is 32.6 Å². The van der Waals surface area contributed by atoms with Crippen LogP contribution >= 0.6 is 0 Å². The van der Waals surface area contributed by atoms with Gasteiger partial charge in [0.15, 0.2) is 0 Å². The van der Waals surface area contributed by atoms with Crippen molar-refractivity contribution in [3.63, 3.8) is 0 Å². The molecule has 2 amide bonds. The summed E-state index contributed by atoms with van der Waals surface area (Å²) in [4.78, 5) is 29.6. The summed E-state index contributed by atoms with van der Waals surface area (Å²) < 4.78 is 28.0. The molecule has 0 unspecified atom stereocenters. The Bertz CT molecular complexity index is 1010. The van der Waals surface area contributed by atoms with Gasteiger partial charge in [-0.25, -0.2) is 8.42 Å². The van der Waals surface area contributed by atoms with E-state index >= 15 is 0 Å². The molecule has 188 valence electrons. The highest BCUT2D eigenvalue weighted by atomic mass is 32.2. The van der Waals surface area contributed by atoms with Crippen molar-refractivity contribution in [3.05, 3.63) is 28.8 Å². The second-order valence-corrected chi connectivity index (χ2v) is 12.3. The number of nitrogens with zero attached hydrogens (tertiary/aromatic N) is 3. The number of piperazine rings is 1. The molecule has 7 nitrogen and oxygen atoms in total. The highest BCUT2D eigenvalue weighted by Gasteiger charge is 2.34. The van der Waals surface area contributed by atoms with Crippen LogP contribution in [0.5, 0.6) is 0 Å². The van der Waals surface area contributed by atoms with E-state index in [-0.39, 0.29) is 37.7 Å². The normalized spacial score (nSPS) is 24.1. The van der Waals surface area contributed by atoms with Crippen molar-refractivity contribution >= 4 is 21.8 Å². The molecule has 1 aromatic rings. The van der Waals surface area contributed by atoms with Gasteiger partial charge in [0.25, 0.3) is 0 Å². The molecule has 1 saturated carbocycles. The second-order valence-electron chi connectivity index (χ2n) is 10.4. The zero-order chi connectivity index (χ0) is 24.5. The highest BCUT2D eigenvalue weighted by Crippen LogP contribution is 2.36. The fraction of sp³-hybridized carbons (Fsp3) is 0.692. The van der Waals surface area contributed by atoms with Crippen LogP contribution in [0.1, 0.15) is 61.6 Å². The third-order valence-electron chi connectivity index (χ3n) is 7.99. The number of amides is 2. The average Bonchev–Trinajstić information content (AvgIpc) is 2.81. The Labute approximate surface area is 204 Å². The van der Waals surface area contributed by atoms with Crippen LogP contribution in [0.2, 0.25) is 0 Å². The van der Waals surface area contributed by atoms with Crippen molar-refractivity contribution in [1.82, 2.24) is 14.1 Å². The molecule has 2 atom stereocenters. The van der Waals surface area contributed by atoms with Crippen LogP contribution in [0.15, 0.2) is 17.0 Å². The first-order valence-corrected chi connectivity index (χ1v) is 14.2. The molecule has 3 fully saturated rings. The molecule has 34 heavy (non-hydrogen) atoms. The number of carbonyl (C=O) groups is 2. The van der Waals surface area contributed by atoms with Crippen molar-refractivity contribution in [2.75, 3.05) is 39.3 Å². The van der Waals surface area contributed by atoms with Gasteiger partial charge in [0.05, 0.1) is 4.90 Å². The van der Waals surface area contributed by atoms with E-state index in [2.05, 4.69) is 0 Å². The van der Waals surface area contributed by atoms with Gasteiger partial charge in [-0.05, 0) is 56.6 Å². The molecule has 1 aliphatic carbocycles. The van der Waals surface area contributed by atoms with E-state index in [1.807, 2.05) is 37.8 Å². The summed E-state index contributed by atoms with van der Waals surface area (Å²) in [6.45, 7) is 8.60. The van der Waals surface area contributed by atoms with Crippen LogP contribution in [-0.2, 0) is 19.6 Å². The molecule has 4 rings (SSSR count). The van der Waals surface area contributed by atoms with Crippen LogP contribution in [0.3, 0.4) is 0 Å². The van der Waals surface area contributed by atoms with Crippen LogP contribution in [-0.4, -0.2) is 73.6 Å².